The van der Waals surface area contributed by atoms with E-state index >= 15 is 0 Å². The van der Waals surface area contributed by atoms with Crippen LogP contribution in [-0.2, 0) is 14.2 Å². The van der Waals surface area contributed by atoms with E-state index in [1.165, 1.54) is 0 Å². The average molecular weight is 173 g/mol. The van der Waals surface area contributed by atoms with Crippen LogP contribution in [0.3, 0.4) is 0 Å². The molecule has 1 N–H and O–H groups in total. The van der Waals surface area contributed by atoms with Crippen LogP contribution < -0.4 is 5.32 Å². The SMILES string of the molecule is O=C1NC(CC2OCCO2)CO1. The highest BCUT2D eigenvalue weighted by Gasteiger charge is 2.27. The Morgan fingerprint density at radius 2 is 2.17 bits per heavy atom. The Balaban J connectivity index is 1.75. The molecule has 2 fully saturated rings. The first-order chi connectivity index (χ1) is 5.84. The minimum Gasteiger partial charge on any atom is -0.447 e. The number of carbonyl (C=O) groups excluding carboxylic acids is 1. The van der Waals surface area contributed by atoms with E-state index < -0.39 is 0 Å². The quantitative estimate of drug-likeness (QED) is 0.631. The molecule has 12 heavy (non-hydrogen) atoms. The van der Waals surface area contributed by atoms with Crippen LogP contribution in [0.1, 0.15) is 6.42 Å². The lowest BCUT2D eigenvalue weighted by atomic mass is 10.2. The predicted molar refractivity (Wildman–Crippen MR) is 38.6 cm³/mol. The van der Waals surface area contributed by atoms with Crippen molar-refractivity contribution >= 4 is 6.09 Å². The second-order valence-corrected chi connectivity index (χ2v) is 2.85. The molecular weight excluding hydrogens is 162 g/mol. The van der Waals surface area contributed by atoms with Gasteiger partial charge in [0.05, 0.1) is 19.3 Å². The lowest BCUT2D eigenvalue weighted by Crippen LogP contribution is -2.30. The summed E-state index contributed by atoms with van der Waals surface area (Å²) in [4.78, 5) is 10.6. The number of nitrogens with one attached hydrogen (secondary N) is 1. The molecule has 68 valence electrons. The Bertz CT molecular complexity index is 178. The number of ether oxygens (including phenoxy) is 3. The van der Waals surface area contributed by atoms with Crippen LogP contribution in [0.5, 0.6) is 0 Å². The van der Waals surface area contributed by atoms with Crippen LogP contribution in [0.25, 0.3) is 0 Å². The first-order valence-electron chi connectivity index (χ1n) is 4.01. The Labute approximate surface area is 70.0 Å². The van der Waals surface area contributed by atoms with Crippen LogP contribution in [0.4, 0.5) is 4.79 Å². The van der Waals surface area contributed by atoms with E-state index in [0.717, 1.165) is 0 Å². The van der Waals surface area contributed by atoms with Gasteiger partial charge in [0, 0.05) is 6.42 Å². The van der Waals surface area contributed by atoms with E-state index in [1.54, 1.807) is 0 Å². The summed E-state index contributed by atoms with van der Waals surface area (Å²) in [5.41, 5.74) is 0. The lowest BCUT2D eigenvalue weighted by molar-refractivity contribution is -0.0519. The van der Waals surface area contributed by atoms with E-state index in [4.69, 9.17) is 14.2 Å². The Kier molecular flexibility index (Phi) is 2.14. The smallest absolute Gasteiger partial charge is 0.407 e. The zero-order valence-electron chi connectivity index (χ0n) is 6.62. The molecule has 0 spiro atoms. The third kappa shape index (κ3) is 1.67. The summed E-state index contributed by atoms with van der Waals surface area (Å²) in [6, 6.07) is 0.0422. The fourth-order valence-electron chi connectivity index (χ4n) is 1.33. The topological polar surface area (TPSA) is 56.8 Å². The molecule has 2 aliphatic heterocycles. The predicted octanol–water partition coefficient (Wildman–Crippen LogP) is -0.142. The normalized spacial score (nSPS) is 30.3. The Hall–Kier alpha value is -0.810. The van der Waals surface area contributed by atoms with Crippen molar-refractivity contribution in [2.75, 3.05) is 19.8 Å². The van der Waals surface area contributed by atoms with E-state index in [1.807, 2.05) is 0 Å². The van der Waals surface area contributed by atoms with Gasteiger partial charge >= 0.3 is 6.09 Å². The van der Waals surface area contributed by atoms with Gasteiger partial charge in [-0.2, -0.15) is 0 Å². The Morgan fingerprint density at radius 3 is 2.75 bits per heavy atom. The van der Waals surface area contributed by atoms with Crippen LogP contribution in [0, 0.1) is 0 Å². The first-order valence-corrected chi connectivity index (χ1v) is 4.01. The van der Waals surface area contributed by atoms with Crippen molar-refractivity contribution in [2.24, 2.45) is 0 Å². The fraction of sp³-hybridized carbons (Fsp3) is 0.857. The highest BCUT2D eigenvalue weighted by atomic mass is 16.7. The van der Waals surface area contributed by atoms with Crippen molar-refractivity contribution in [1.82, 2.24) is 5.32 Å². The highest BCUT2D eigenvalue weighted by Crippen LogP contribution is 2.12. The number of hydrogen-bond acceptors (Lipinski definition) is 4. The zero-order chi connectivity index (χ0) is 8.39. The van der Waals surface area contributed by atoms with Crippen molar-refractivity contribution in [3.8, 4) is 0 Å². The van der Waals surface area contributed by atoms with Gasteiger partial charge in [-0.15, -0.1) is 0 Å². The van der Waals surface area contributed by atoms with Gasteiger partial charge in [-0.3, -0.25) is 0 Å². The molecule has 0 aliphatic carbocycles. The van der Waals surface area contributed by atoms with Gasteiger partial charge in [-0.05, 0) is 0 Å². The van der Waals surface area contributed by atoms with Crippen LogP contribution >= 0.6 is 0 Å². The maximum Gasteiger partial charge on any atom is 0.407 e. The van der Waals surface area contributed by atoms with Crippen molar-refractivity contribution in [3.63, 3.8) is 0 Å². The van der Waals surface area contributed by atoms with E-state index in [-0.39, 0.29) is 18.4 Å². The number of alkyl carbamates (subject to hydrolysis) is 1. The molecule has 0 aromatic rings. The molecule has 0 radical (unpaired) electrons. The van der Waals surface area contributed by atoms with Crippen molar-refractivity contribution in [1.29, 1.82) is 0 Å². The van der Waals surface area contributed by atoms with Gasteiger partial charge in [0.1, 0.15) is 6.61 Å². The number of rotatable bonds is 2. The van der Waals surface area contributed by atoms with Gasteiger partial charge in [-0.25, -0.2) is 4.79 Å². The molecule has 2 rings (SSSR count). The molecule has 5 heteroatoms. The molecule has 1 amide bonds. The summed E-state index contributed by atoms with van der Waals surface area (Å²) >= 11 is 0. The van der Waals surface area contributed by atoms with Crippen LogP contribution in [0.2, 0.25) is 0 Å². The van der Waals surface area contributed by atoms with Crippen molar-refractivity contribution in [3.05, 3.63) is 0 Å². The van der Waals surface area contributed by atoms with E-state index in [9.17, 15) is 4.79 Å². The molecule has 2 aliphatic rings. The number of amides is 1. The first kappa shape index (κ1) is 7.82. The van der Waals surface area contributed by atoms with Gasteiger partial charge < -0.3 is 19.5 Å². The number of hydrogen-bond donors (Lipinski definition) is 1. The van der Waals surface area contributed by atoms with Gasteiger partial charge in [0.15, 0.2) is 6.29 Å². The third-order valence-electron chi connectivity index (χ3n) is 1.91. The number of carbonyl (C=O) groups is 1. The van der Waals surface area contributed by atoms with Crippen molar-refractivity contribution in [2.45, 2.75) is 18.8 Å². The Morgan fingerprint density at radius 1 is 1.42 bits per heavy atom. The highest BCUT2D eigenvalue weighted by molar-refractivity contribution is 5.69. The minimum atomic E-state index is -0.349. The maximum absolute atomic E-state index is 10.6. The molecule has 1 unspecified atom stereocenters. The summed E-state index contributed by atoms with van der Waals surface area (Å²) in [6.07, 6.45) is 0.154. The summed E-state index contributed by atoms with van der Waals surface area (Å²) < 4.78 is 15.2. The monoisotopic (exact) mass is 173 g/mol. The molecule has 0 bridgehead atoms. The molecular formula is C7H11NO4. The van der Waals surface area contributed by atoms with Gasteiger partial charge in [-0.1, -0.05) is 0 Å². The zero-order valence-corrected chi connectivity index (χ0v) is 6.62. The summed E-state index contributed by atoms with van der Waals surface area (Å²) in [7, 11) is 0. The standard InChI is InChI=1S/C7H11NO4/c9-7-8-5(4-12-7)3-6-10-1-2-11-6/h5-6H,1-4H2,(H,8,9). The van der Waals surface area contributed by atoms with Gasteiger partial charge in [0.25, 0.3) is 0 Å². The molecule has 0 aromatic heterocycles. The van der Waals surface area contributed by atoms with Crippen LogP contribution in [0.15, 0.2) is 0 Å². The summed E-state index contributed by atoms with van der Waals surface area (Å²) in [5.74, 6) is 0. The molecule has 2 heterocycles. The van der Waals surface area contributed by atoms with E-state index in [2.05, 4.69) is 5.32 Å². The second kappa shape index (κ2) is 3.28. The maximum atomic E-state index is 10.6. The molecule has 2 saturated heterocycles. The van der Waals surface area contributed by atoms with Gasteiger partial charge in [0.2, 0.25) is 0 Å². The lowest BCUT2D eigenvalue weighted by Gasteiger charge is -2.11. The summed E-state index contributed by atoms with van der Waals surface area (Å²) in [6.45, 7) is 1.71. The van der Waals surface area contributed by atoms with E-state index in [0.29, 0.717) is 26.2 Å². The van der Waals surface area contributed by atoms with Crippen LogP contribution in [-0.4, -0.2) is 38.2 Å². The van der Waals surface area contributed by atoms with Crippen molar-refractivity contribution < 1.29 is 19.0 Å². The average Bonchev–Trinajstić information content (AvgIpc) is 2.63. The second-order valence-electron chi connectivity index (χ2n) is 2.85. The fourth-order valence-corrected chi connectivity index (χ4v) is 1.33. The molecule has 0 saturated carbocycles. The summed E-state index contributed by atoms with van der Waals surface area (Å²) in [5, 5.41) is 2.66. The number of cyclic esters (lactones) is 1. The third-order valence-corrected chi connectivity index (χ3v) is 1.91. The molecule has 5 nitrogen and oxygen atoms in total. The molecule has 0 aromatic carbocycles. The largest absolute Gasteiger partial charge is 0.447 e. The molecule has 1 atom stereocenters. The minimum absolute atomic E-state index is 0.0422.